The number of carbonyl (C=O) groups excluding carboxylic acids is 1. The molecular weight excluding hydrogens is 188 g/mol. The van der Waals surface area contributed by atoms with Crippen LogP contribution in [0.25, 0.3) is 0 Å². The third-order valence-electron chi connectivity index (χ3n) is 4.49. The standard InChI is InChI=1S/C13H16O2/c1-8-7-13-3-2-11(14)6-10(13)4-9(8)5-12(13)15/h2-3,9-11,14H,1,4-7H2/t9-,10+,11+,13+/m1/s1. The summed E-state index contributed by atoms with van der Waals surface area (Å²) >= 11 is 0. The predicted octanol–water partition coefficient (Wildman–Crippen LogP) is 1.85. The molecule has 3 fully saturated rings. The molecule has 0 aliphatic heterocycles. The lowest BCUT2D eigenvalue weighted by Gasteiger charge is -2.52. The van der Waals surface area contributed by atoms with Gasteiger partial charge in [0.1, 0.15) is 5.78 Å². The Balaban J connectivity index is 2.06. The summed E-state index contributed by atoms with van der Waals surface area (Å²) in [6.45, 7) is 4.09. The average Bonchev–Trinajstić information content (AvgIpc) is 2.18. The molecule has 2 nitrogen and oxygen atoms in total. The van der Waals surface area contributed by atoms with Crippen LogP contribution < -0.4 is 0 Å². The molecule has 3 saturated carbocycles. The van der Waals surface area contributed by atoms with Crippen LogP contribution in [0.1, 0.15) is 25.7 Å². The number of hydrogen-bond donors (Lipinski definition) is 1. The summed E-state index contributed by atoms with van der Waals surface area (Å²) in [6.07, 6.45) is 6.72. The fourth-order valence-corrected chi connectivity index (χ4v) is 3.60. The predicted molar refractivity (Wildman–Crippen MR) is 57.2 cm³/mol. The zero-order chi connectivity index (χ0) is 10.6. The second kappa shape index (κ2) is 2.82. The van der Waals surface area contributed by atoms with Crippen molar-refractivity contribution < 1.29 is 9.90 Å². The van der Waals surface area contributed by atoms with E-state index in [0.29, 0.717) is 24.0 Å². The molecule has 1 spiro atoms. The van der Waals surface area contributed by atoms with Gasteiger partial charge in [0.25, 0.3) is 0 Å². The minimum Gasteiger partial charge on any atom is -0.389 e. The van der Waals surface area contributed by atoms with Crippen LogP contribution in [0.4, 0.5) is 0 Å². The summed E-state index contributed by atoms with van der Waals surface area (Å²) in [4.78, 5) is 12.1. The maximum Gasteiger partial charge on any atom is 0.143 e. The first-order valence-corrected chi connectivity index (χ1v) is 5.70. The van der Waals surface area contributed by atoms with Crippen LogP contribution in [0.2, 0.25) is 0 Å². The summed E-state index contributed by atoms with van der Waals surface area (Å²) in [5, 5.41) is 9.60. The first-order chi connectivity index (χ1) is 7.12. The van der Waals surface area contributed by atoms with E-state index < -0.39 is 0 Å². The number of aliphatic hydroxyl groups excluding tert-OH is 1. The molecule has 0 saturated heterocycles. The molecule has 15 heavy (non-hydrogen) atoms. The van der Waals surface area contributed by atoms with E-state index in [9.17, 15) is 9.90 Å². The average molecular weight is 204 g/mol. The Morgan fingerprint density at radius 1 is 1.47 bits per heavy atom. The normalized spacial score (nSPS) is 48.2. The zero-order valence-corrected chi connectivity index (χ0v) is 8.78. The highest BCUT2D eigenvalue weighted by atomic mass is 16.3. The second-order valence-electron chi connectivity index (χ2n) is 5.29. The first-order valence-electron chi connectivity index (χ1n) is 5.70. The Morgan fingerprint density at radius 2 is 2.27 bits per heavy atom. The van der Waals surface area contributed by atoms with Gasteiger partial charge in [-0.2, -0.15) is 0 Å². The molecular formula is C13H16O2. The molecule has 0 radical (unpaired) electrons. The molecule has 80 valence electrons. The van der Waals surface area contributed by atoms with Gasteiger partial charge < -0.3 is 5.11 Å². The van der Waals surface area contributed by atoms with Crippen molar-refractivity contribution in [3.8, 4) is 0 Å². The van der Waals surface area contributed by atoms with Crippen LogP contribution in [0, 0.1) is 17.3 Å². The third kappa shape index (κ3) is 1.11. The molecule has 0 aromatic carbocycles. The third-order valence-corrected chi connectivity index (χ3v) is 4.49. The van der Waals surface area contributed by atoms with E-state index in [1.165, 1.54) is 5.57 Å². The SMILES string of the molecule is C=C1C[C@@]23C=C[C@H](O)C[C@@H]2C[C@@H]1CC3=O. The van der Waals surface area contributed by atoms with Crippen LogP contribution in [0.5, 0.6) is 0 Å². The lowest BCUT2D eigenvalue weighted by Crippen LogP contribution is -2.51. The highest BCUT2D eigenvalue weighted by Gasteiger charge is 2.54. The molecule has 4 rings (SSSR count). The van der Waals surface area contributed by atoms with Crippen molar-refractivity contribution in [1.29, 1.82) is 0 Å². The number of allylic oxidation sites excluding steroid dienone is 2. The summed E-state index contributed by atoms with van der Waals surface area (Å²) in [5.74, 6) is 1.12. The first kappa shape index (κ1) is 9.34. The van der Waals surface area contributed by atoms with Crippen molar-refractivity contribution in [3.63, 3.8) is 0 Å². The van der Waals surface area contributed by atoms with E-state index in [-0.39, 0.29) is 11.5 Å². The van der Waals surface area contributed by atoms with Gasteiger partial charge in [-0.1, -0.05) is 24.3 Å². The number of carbonyl (C=O) groups is 1. The van der Waals surface area contributed by atoms with Crippen LogP contribution in [0.15, 0.2) is 24.3 Å². The highest BCUT2D eigenvalue weighted by molar-refractivity contribution is 5.90. The van der Waals surface area contributed by atoms with Gasteiger partial charge in [-0.25, -0.2) is 0 Å². The van der Waals surface area contributed by atoms with E-state index >= 15 is 0 Å². The Hall–Kier alpha value is -0.890. The maximum absolute atomic E-state index is 12.1. The number of hydrogen-bond acceptors (Lipinski definition) is 2. The Kier molecular flexibility index (Phi) is 1.76. The summed E-state index contributed by atoms with van der Waals surface area (Å²) in [7, 11) is 0. The van der Waals surface area contributed by atoms with Crippen LogP contribution in [0.3, 0.4) is 0 Å². The zero-order valence-electron chi connectivity index (χ0n) is 8.78. The molecule has 2 bridgehead atoms. The van der Waals surface area contributed by atoms with E-state index in [4.69, 9.17) is 0 Å². The number of fused-ring (bicyclic) bond motifs is 2. The monoisotopic (exact) mass is 204 g/mol. The Labute approximate surface area is 89.7 Å². The molecule has 0 heterocycles. The van der Waals surface area contributed by atoms with Gasteiger partial charge in [-0.3, -0.25) is 4.79 Å². The van der Waals surface area contributed by atoms with Crippen LogP contribution in [-0.4, -0.2) is 17.0 Å². The molecule has 1 N–H and O–H groups in total. The van der Waals surface area contributed by atoms with E-state index in [2.05, 4.69) is 6.58 Å². The smallest absolute Gasteiger partial charge is 0.143 e. The van der Waals surface area contributed by atoms with Gasteiger partial charge in [-0.15, -0.1) is 0 Å². The lowest BCUT2D eigenvalue weighted by atomic mass is 9.50. The summed E-state index contributed by atoms with van der Waals surface area (Å²) in [6, 6.07) is 0. The van der Waals surface area contributed by atoms with Gasteiger partial charge >= 0.3 is 0 Å². The molecule has 4 aliphatic carbocycles. The molecule has 0 amide bonds. The fraction of sp³-hybridized carbons (Fsp3) is 0.615. The summed E-state index contributed by atoms with van der Waals surface area (Å²) in [5.41, 5.74) is 0.956. The molecule has 0 unspecified atom stereocenters. The Morgan fingerprint density at radius 3 is 3.07 bits per heavy atom. The number of ketones is 1. The number of rotatable bonds is 0. The highest BCUT2D eigenvalue weighted by Crippen LogP contribution is 2.57. The maximum atomic E-state index is 12.1. The lowest BCUT2D eigenvalue weighted by molar-refractivity contribution is -0.137. The van der Waals surface area contributed by atoms with Gasteiger partial charge in [0.05, 0.1) is 11.5 Å². The topological polar surface area (TPSA) is 37.3 Å². The quantitative estimate of drug-likeness (QED) is 0.611. The molecule has 4 atom stereocenters. The number of Topliss-reactive ketones (excluding diaryl/α,β-unsaturated/α-hetero) is 1. The van der Waals surface area contributed by atoms with Crippen molar-refractivity contribution in [2.75, 3.05) is 0 Å². The van der Waals surface area contributed by atoms with E-state index in [1.807, 2.05) is 6.08 Å². The molecule has 0 aromatic heterocycles. The molecule has 4 aliphatic rings. The van der Waals surface area contributed by atoms with Crippen molar-refractivity contribution in [2.24, 2.45) is 17.3 Å². The van der Waals surface area contributed by atoms with Gasteiger partial charge in [-0.05, 0) is 31.1 Å². The van der Waals surface area contributed by atoms with Crippen molar-refractivity contribution in [1.82, 2.24) is 0 Å². The minimum absolute atomic E-state index is 0.287. The van der Waals surface area contributed by atoms with Gasteiger partial charge in [0.15, 0.2) is 0 Å². The Bertz CT molecular complexity index is 369. The van der Waals surface area contributed by atoms with Gasteiger partial charge in [0.2, 0.25) is 0 Å². The van der Waals surface area contributed by atoms with Gasteiger partial charge in [0, 0.05) is 6.42 Å². The fourth-order valence-electron chi connectivity index (χ4n) is 3.60. The van der Waals surface area contributed by atoms with E-state index in [1.54, 1.807) is 6.08 Å². The summed E-state index contributed by atoms with van der Waals surface area (Å²) < 4.78 is 0. The minimum atomic E-state index is -0.346. The van der Waals surface area contributed by atoms with Crippen molar-refractivity contribution in [2.45, 2.75) is 31.8 Å². The largest absolute Gasteiger partial charge is 0.389 e. The molecule has 2 heteroatoms. The van der Waals surface area contributed by atoms with Crippen LogP contribution in [-0.2, 0) is 4.79 Å². The van der Waals surface area contributed by atoms with Crippen molar-refractivity contribution >= 4 is 5.78 Å². The van der Waals surface area contributed by atoms with Crippen molar-refractivity contribution in [3.05, 3.63) is 24.3 Å². The molecule has 0 aromatic rings. The number of aliphatic hydroxyl groups is 1. The van der Waals surface area contributed by atoms with E-state index in [0.717, 1.165) is 19.3 Å². The second-order valence-corrected chi connectivity index (χ2v) is 5.29. The van der Waals surface area contributed by atoms with Crippen LogP contribution >= 0.6 is 0 Å².